The van der Waals surface area contributed by atoms with E-state index in [-0.39, 0.29) is 22.9 Å². The van der Waals surface area contributed by atoms with E-state index >= 15 is 0 Å². The summed E-state index contributed by atoms with van der Waals surface area (Å²) in [6.45, 7) is 0. The Hall–Kier alpha value is -5.03. The highest BCUT2D eigenvalue weighted by atomic mass is 19.1. The van der Waals surface area contributed by atoms with Crippen LogP contribution in [0.5, 0.6) is 11.5 Å². The first-order chi connectivity index (χ1) is 19.4. The maximum atomic E-state index is 13.8. The first kappa shape index (κ1) is 25.3. The molecule has 0 spiro atoms. The fraction of sp³-hybridized carbons (Fsp3) is 0.172. The van der Waals surface area contributed by atoms with Crippen molar-refractivity contribution in [3.63, 3.8) is 0 Å². The number of hydrogen-bond acceptors (Lipinski definition) is 8. The molecular formula is C29H23FN4O6. The second-order valence-corrected chi connectivity index (χ2v) is 9.29. The Kier molecular flexibility index (Phi) is 6.27. The minimum absolute atomic E-state index is 0.168. The first-order valence-electron chi connectivity index (χ1n) is 12.4. The van der Waals surface area contributed by atoms with Crippen molar-refractivity contribution in [2.75, 3.05) is 17.1 Å². The third-order valence-corrected chi connectivity index (χ3v) is 6.97. The minimum atomic E-state index is -1.10. The number of aryl methyl sites for hydroxylation is 1. The third kappa shape index (κ3) is 4.16. The molecule has 2 saturated heterocycles. The summed E-state index contributed by atoms with van der Waals surface area (Å²) >= 11 is 0. The Morgan fingerprint density at radius 2 is 1.68 bits per heavy atom. The zero-order chi connectivity index (χ0) is 28.0. The maximum absolute atomic E-state index is 13.8. The molecule has 0 N–H and O–H groups in total. The van der Waals surface area contributed by atoms with Gasteiger partial charge in [-0.3, -0.25) is 19.1 Å². The molecule has 4 aromatic rings. The zero-order valence-electron chi connectivity index (χ0n) is 21.4. The van der Waals surface area contributed by atoms with Crippen molar-refractivity contribution in [2.24, 2.45) is 13.0 Å². The van der Waals surface area contributed by atoms with Gasteiger partial charge in [-0.15, -0.1) is 0 Å². The molecule has 3 heterocycles. The van der Waals surface area contributed by atoms with Gasteiger partial charge in [0.1, 0.15) is 17.4 Å². The Labute approximate surface area is 228 Å². The number of benzene rings is 3. The van der Waals surface area contributed by atoms with E-state index in [0.717, 1.165) is 4.90 Å². The van der Waals surface area contributed by atoms with E-state index in [1.54, 1.807) is 30.3 Å². The number of carbonyl (C=O) groups is 3. The topological polar surface area (TPSA) is 103 Å². The Balaban J connectivity index is 1.38. The quantitative estimate of drug-likeness (QED) is 0.206. The van der Waals surface area contributed by atoms with Crippen LogP contribution in [-0.2, 0) is 21.5 Å². The van der Waals surface area contributed by atoms with Gasteiger partial charge in [0.05, 0.1) is 24.5 Å². The minimum Gasteiger partial charge on any atom is -0.493 e. The normalized spacial score (nSPS) is 20.1. The van der Waals surface area contributed by atoms with Gasteiger partial charge in [0.25, 0.3) is 5.91 Å². The SMILES string of the molecule is COc1cc(C2C3C(=O)N(c4ccc(F)cc4)C(=O)C3ON2c2ccccc2)ccc1OC(=O)c1ccnn1C. The lowest BCUT2D eigenvalue weighted by atomic mass is 9.90. The fourth-order valence-corrected chi connectivity index (χ4v) is 5.08. The monoisotopic (exact) mass is 542 g/mol. The summed E-state index contributed by atoms with van der Waals surface area (Å²) < 4.78 is 26.0. The van der Waals surface area contributed by atoms with Crippen LogP contribution in [0.4, 0.5) is 15.8 Å². The van der Waals surface area contributed by atoms with Gasteiger partial charge in [-0.1, -0.05) is 24.3 Å². The lowest BCUT2D eigenvalue weighted by Crippen LogP contribution is -2.37. The highest BCUT2D eigenvalue weighted by Gasteiger charge is 2.60. The predicted molar refractivity (Wildman–Crippen MR) is 140 cm³/mol. The number of rotatable bonds is 6. The summed E-state index contributed by atoms with van der Waals surface area (Å²) in [5, 5.41) is 5.53. The van der Waals surface area contributed by atoms with E-state index in [0.29, 0.717) is 11.3 Å². The zero-order valence-corrected chi connectivity index (χ0v) is 21.4. The Bertz CT molecular complexity index is 1610. The van der Waals surface area contributed by atoms with E-state index in [4.69, 9.17) is 14.3 Å². The molecule has 3 unspecified atom stereocenters. The number of halogens is 1. The van der Waals surface area contributed by atoms with Crippen LogP contribution in [-0.4, -0.2) is 40.8 Å². The number of ether oxygens (including phenoxy) is 2. The van der Waals surface area contributed by atoms with Gasteiger partial charge in [-0.05, 0) is 60.2 Å². The van der Waals surface area contributed by atoms with Crippen LogP contribution >= 0.6 is 0 Å². The Morgan fingerprint density at radius 1 is 0.925 bits per heavy atom. The lowest BCUT2D eigenvalue weighted by Gasteiger charge is -2.29. The summed E-state index contributed by atoms with van der Waals surface area (Å²) in [7, 11) is 3.06. The van der Waals surface area contributed by atoms with Crippen LogP contribution in [0, 0.1) is 11.7 Å². The number of amides is 2. The number of methoxy groups -OCH3 is 1. The number of hydroxylamine groups is 1. The maximum Gasteiger partial charge on any atom is 0.362 e. The molecule has 10 nitrogen and oxygen atoms in total. The number of para-hydroxylation sites is 1. The molecule has 0 aliphatic carbocycles. The van der Waals surface area contributed by atoms with Crippen LogP contribution < -0.4 is 19.4 Å². The molecular weight excluding hydrogens is 519 g/mol. The van der Waals surface area contributed by atoms with E-state index in [2.05, 4.69) is 5.10 Å². The average molecular weight is 543 g/mol. The summed E-state index contributed by atoms with van der Waals surface area (Å²) in [6, 6.07) is 19.9. The number of nitrogens with zero attached hydrogens (tertiary/aromatic N) is 4. The highest BCUT2D eigenvalue weighted by molar-refractivity contribution is 6.23. The lowest BCUT2D eigenvalue weighted by molar-refractivity contribution is -0.126. The summed E-state index contributed by atoms with van der Waals surface area (Å²) in [4.78, 5) is 47.1. The van der Waals surface area contributed by atoms with Crippen molar-refractivity contribution < 1.29 is 33.1 Å². The molecule has 0 radical (unpaired) electrons. The van der Waals surface area contributed by atoms with Gasteiger partial charge in [-0.2, -0.15) is 5.10 Å². The van der Waals surface area contributed by atoms with Crippen molar-refractivity contribution in [3.05, 3.63) is 102 Å². The third-order valence-electron chi connectivity index (χ3n) is 6.97. The average Bonchev–Trinajstić information content (AvgIpc) is 3.64. The molecule has 1 aromatic heterocycles. The van der Waals surface area contributed by atoms with Gasteiger partial charge in [0.15, 0.2) is 17.6 Å². The molecule has 40 heavy (non-hydrogen) atoms. The van der Waals surface area contributed by atoms with Crippen LogP contribution in [0.25, 0.3) is 0 Å². The van der Waals surface area contributed by atoms with E-state index in [9.17, 15) is 18.8 Å². The molecule has 3 atom stereocenters. The van der Waals surface area contributed by atoms with Gasteiger partial charge in [0.2, 0.25) is 5.91 Å². The van der Waals surface area contributed by atoms with Crippen LogP contribution in [0.15, 0.2) is 85.1 Å². The number of hydrogen-bond donors (Lipinski definition) is 0. The van der Waals surface area contributed by atoms with Crippen LogP contribution in [0.1, 0.15) is 22.1 Å². The second kappa shape index (κ2) is 9.93. The number of imide groups is 1. The van der Waals surface area contributed by atoms with Crippen LogP contribution in [0.3, 0.4) is 0 Å². The Morgan fingerprint density at radius 3 is 2.35 bits per heavy atom. The van der Waals surface area contributed by atoms with Crippen molar-refractivity contribution in [1.82, 2.24) is 9.78 Å². The number of esters is 1. The van der Waals surface area contributed by atoms with E-state index in [1.807, 2.05) is 30.3 Å². The van der Waals surface area contributed by atoms with Gasteiger partial charge in [0, 0.05) is 13.2 Å². The molecule has 202 valence electrons. The molecule has 0 saturated carbocycles. The number of aromatic nitrogens is 2. The fourth-order valence-electron chi connectivity index (χ4n) is 5.08. The summed E-state index contributed by atoms with van der Waals surface area (Å²) in [5.41, 5.74) is 1.75. The first-order valence-corrected chi connectivity index (χ1v) is 12.4. The standard InChI is InChI=1S/C29H23FN4O6/c1-32-21(14-15-31-32)29(37)39-22-13-8-17(16-23(22)38-2)25-24-26(40-34(25)20-6-4-3-5-7-20)28(36)33(27(24)35)19-11-9-18(30)10-12-19/h3-16,24-26H,1-2H3. The molecule has 2 aliphatic rings. The van der Waals surface area contributed by atoms with Crippen molar-refractivity contribution >= 4 is 29.2 Å². The van der Waals surface area contributed by atoms with Crippen LogP contribution in [0.2, 0.25) is 0 Å². The number of carbonyl (C=O) groups excluding carboxylic acids is 3. The highest BCUT2D eigenvalue weighted by Crippen LogP contribution is 2.48. The molecule has 2 fully saturated rings. The van der Waals surface area contributed by atoms with Crippen molar-refractivity contribution in [3.8, 4) is 11.5 Å². The second-order valence-electron chi connectivity index (χ2n) is 9.29. The van der Waals surface area contributed by atoms with Crippen molar-refractivity contribution in [2.45, 2.75) is 12.1 Å². The van der Waals surface area contributed by atoms with Gasteiger partial charge < -0.3 is 9.47 Å². The molecule has 6 rings (SSSR count). The largest absolute Gasteiger partial charge is 0.493 e. The van der Waals surface area contributed by atoms with Gasteiger partial charge >= 0.3 is 5.97 Å². The molecule has 11 heteroatoms. The summed E-state index contributed by atoms with van der Waals surface area (Å²) in [6.07, 6.45) is 0.386. The van der Waals surface area contributed by atoms with E-state index < -0.39 is 41.7 Å². The van der Waals surface area contributed by atoms with E-state index in [1.165, 1.54) is 48.3 Å². The number of anilines is 2. The molecule has 2 aliphatic heterocycles. The molecule has 2 amide bonds. The number of fused-ring (bicyclic) bond motifs is 1. The smallest absolute Gasteiger partial charge is 0.362 e. The van der Waals surface area contributed by atoms with Crippen molar-refractivity contribution in [1.29, 1.82) is 0 Å². The molecule has 3 aromatic carbocycles. The molecule has 0 bridgehead atoms. The summed E-state index contributed by atoms with van der Waals surface area (Å²) in [5.74, 6) is -2.62. The predicted octanol–water partition coefficient (Wildman–Crippen LogP) is 3.84. The van der Waals surface area contributed by atoms with Gasteiger partial charge in [-0.25, -0.2) is 19.1 Å².